The summed E-state index contributed by atoms with van der Waals surface area (Å²) in [7, 11) is 0. The van der Waals surface area contributed by atoms with E-state index in [0.29, 0.717) is 10.0 Å². The Balaban J connectivity index is 2.88. The van der Waals surface area contributed by atoms with E-state index in [-0.39, 0.29) is 12.6 Å². The van der Waals surface area contributed by atoms with E-state index in [1.165, 1.54) is 0 Å². The fourth-order valence-corrected chi connectivity index (χ4v) is 1.57. The Morgan fingerprint density at radius 2 is 2.07 bits per heavy atom. The number of hydrogen-bond acceptors (Lipinski definition) is 2. The second kappa shape index (κ2) is 5.56. The van der Waals surface area contributed by atoms with E-state index in [1.807, 2.05) is 13.0 Å². The average Bonchev–Trinajstić information content (AvgIpc) is 2.19. The van der Waals surface area contributed by atoms with Crippen LogP contribution < -0.4 is 5.32 Å². The monoisotopic (exact) mass is 233 g/mol. The number of aliphatic hydroxyl groups is 1. The lowest BCUT2D eigenvalue weighted by Gasteiger charge is -2.15. The molecule has 0 aliphatic heterocycles. The Labute approximate surface area is 93.8 Å². The molecule has 0 aliphatic carbocycles. The van der Waals surface area contributed by atoms with E-state index in [0.717, 1.165) is 12.1 Å². The molecule has 2 nitrogen and oxygen atoms in total. The van der Waals surface area contributed by atoms with Gasteiger partial charge in [0.1, 0.15) is 0 Å². The molecule has 0 amide bonds. The summed E-state index contributed by atoms with van der Waals surface area (Å²) >= 11 is 11.7. The Bertz CT molecular complexity index is 304. The molecular formula is C10H13Cl2NO. The zero-order valence-corrected chi connectivity index (χ0v) is 9.44. The van der Waals surface area contributed by atoms with Gasteiger partial charge in [-0.25, -0.2) is 0 Å². The maximum atomic E-state index is 9.13. The van der Waals surface area contributed by atoms with Crippen LogP contribution in [0.4, 0.5) is 0 Å². The van der Waals surface area contributed by atoms with Crippen LogP contribution in [0.25, 0.3) is 0 Å². The summed E-state index contributed by atoms with van der Waals surface area (Å²) in [5, 5.41) is 13.3. The number of benzene rings is 1. The molecule has 0 saturated heterocycles. The van der Waals surface area contributed by atoms with Crippen molar-refractivity contribution in [3.63, 3.8) is 0 Å². The Hall–Kier alpha value is -0.280. The van der Waals surface area contributed by atoms with E-state index in [9.17, 15) is 0 Å². The van der Waals surface area contributed by atoms with Crippen molar-refractivity contribution in [3.05, 3.63) is 33.8 Å². The molecule has 78 valence electrons. The topological polar surface area (TPSA) is 32.3 Å². The van der Waals surface area contributed by atoms with Crippen LogP contribution in [0.1, 0.15) is 18.5 Å². The third-order valence-corrected chi connectivity index (χ3v) is 2.72. The first-order valence-corrected chi connectivity index (χ1v) is 5.23. The van der Waals surface area contributed by atoms with Crippen LogP contribution >= 0.6 is 23.2 Å². The second-order valence-electron chi connectivity index (χ2n) is 2.97. The number of nitrogens with one attached hydrogen (secondary N) is 1. The molecular weight excluding hydrogens is 221 g/mol. The number of aliphatic hydroxyl groups excluding tert-OH is 1. The SMILES string of the molecule is CCNC(CO)c1ccc(Cl)c(Cl)c1. The molecule has 0 fully saturated rings. The van der Waals surface area contributed by atoms with E-state index in [4.69, 9.17) is 28.3 Å². The zero-order chi connectivity index (χ0) is 10.6. The van der Waals surface area contributed by atoms with Crippen LogP contribution in [-0.4, -0.2) is 18.3 Å². The molecule has 1 aromatic carbocycles. The lowest BCUT2D eigenvalue weighted by Crippen LogP contribution is -2.23. The fraction of sp³-hybridized carbons (Fsp3) is 0.400. The summed E-state index contributed by atoms with van der Waals surface area (Å²) in [6, 6.07) is 5.29. The van der Waals surface area contributed by atoms with Crippen LogP contribution in [0.15, 0.2) is 18.2 Å². The van der Waals surface area contributed by atoms with Gasteiger partial charge in [-0.3, -0.25) is 0 Å². The third-order valence-electron chi connectivity index (χ3n) is 1.98. The van der Waals surface area contributed by atoms with Crippen molar-refractivity contribution < 1.29 is 5.11 Å². The molecule has 0 bridgehead atoms. The lowest BCUT2D eigenvalue weighted by molar-refractivity contribution is 0.246. The van der Waals surface area contributed by atoms with Crippen LogP contribution in [0.2, 0.25) is 10.0 Å². The molecule has 14 heavy (non-hydrogen) atoms. The first-order chi connectivity index (χ1) is 6.69. The van der Waals surface area contributed by atoms with Gasteiger partial charge in [0.25, 0.3) is 0 Å². The highest BCUT2D eigenvalue weighted by Crippen LogP contribution is 2.25. The van der Waals surface area contributed by atoms with Crippen molar-refractivity contribution in [2.24, 2.45) is 0 Å². The standard InChI is InChI=1S/C10H13Cl2NO/c1-2-13-10(6-14)7-3-4-8(11)9(12)5-7/h3-5,10,13-14H,2,6H2,1H3. The van der Waals surface area contributed by atoms with Gasteiger partial charge in [0.15, 0.2) is 0 Å². The van der Waals surface area contributed by atoms with Gasteiger partial charge in [-0.2, -0.15) is 0 Å². The summed E-state index contributed by atoms with van der Waals surface area (Å²) in [4.78, 5) is 0. The Morgan fingerprint density at radius 1 is 1.36 bits per heavy atom. The molecule has 1 aromatic rings. The minimum absolute atomic E-state index is 0.0474. The van der Waals surface area contributed by atoms with Crippen molar-refractivity contribution in [2.75, 3.05) is 13.2 Å². The smallest absolute Gasteiger partial charge is 0.0626 e. The average molecular weight is 234 g/mol. The van der Waals surface area contributed by atoms with E-state index in [1.54, 1.807) is 12.1 Å². The molecule has 1 rings (SSSR count). The van der Waals surface area contributed by atoms with Crippen molar-refractivity contribution >= 4 is 23.2 Å². The van der Waals surface area contributed by atoms with Crippen molar-refractivity contribution in [2.45, 2.75) is 13.0 Å². The number of rotatable bonds is 4. The van der Waals surface area contributed by atoms with E-state index >= 15 is 0 Å². The molecule has 1 atom stereocenters. The fourth-order valence-electron chi connectivity index (χ4n) is 1.26. The van der Waals surface area contributed by atoms with Gasteiger partial charge in [-0.15, -0.1) is 0 Å². The molecule has 0 heterocycles. The predicted octanol–water partition coefficient (Wildman–Crippen LogP) is 2.64. The second-order valence-corrected chi connectivity index (χ2v) is 3.78. The van der Waals surface area contributed by atoms with Gasteiger partial charge in [0.05, 0.1) is 22.7 Å². The molecule has 0 radical (unpaired) electrons. The number of likely N-dealkylation sites (N-methyl/N-ethyl adjacent to an activating group) is 1. The minimum Gasteiger partial charge on any atom is -0.394 e. The molecule has 0 spiro atoms. The molecule has 4 heteroatoms. The van der Waals surface area contributed by atoms with Gasteiger partial charge >= 0.3 is 0 Å². The van der Waals surface area contributed by atoms with Crippen molar-refractivity contribution in [3.8, 4) is 0 Å². The number of halogens is 2. The summed E-state index contributed by atoms with van der Waals surface area (Å²) in [6.45, 7) is 2.83. The largest absolute Gasteiger partial charge is 0.394 e. The van der Waals surface area contributed by atoms with Crippen molar-refractivity contribution in [1.29, 1.82) is 0 Å². The normalized spacial score (nSPS) is 12.9. The van der Waals surface area contributed by atoms with Crippen molar-refractivity contribution in [1.82, 2.24) is 5.32 Å². The maximum absolute atomic E-state index is 9.13. The van der Waals surface area contributed by atoms with Gasteiger partial charge in [0, 0.05) is 0 Å². The first-order valence-electron chi connectivity index (χ1n) is 4.48. The van der Waals surface area contributed by atoms with Gasteiger partial charge < -0.3 is 10.4 Å². The van der Waals surface area contributed by atoms with Crippen LogP contribution in [0.5, 0.6) is 0 Å². The minimum atomic E-state index is -0.0743. The van der Waals surface area contributed by atoms with E-state index < -0.39 is 0 Å². The highest BCUT2D eigenvalue weighted by atomic mass is 35.5. The third kappa shape index (κ3) is 2.85. The van der Waals surface area contributed by atoms with Gasteiger partial charge in [-0.1, -0.05) is 36.2 Å². The summed E-state index contributed by atoms with van der Waals surface area (Å²) in [5.74, 6) is 0. The molecule has 2 N–H and O–H groups in total. The Morgan fingerprint density at radius 3 is 2.57 bits per heavy atom. The molecule has 0 aromatic heterocycles. The summed E-state index contributed by atoms with van der Waals surface area (Å²) in [6.07, 6.45) is 0. The van der Waals surface area contributed by atoms with Gasteiger partial charge in [-0.05, 0) is 24.2 Å². The quantitative estimate of drug-likeness (QED) is 0.839. The summed E-state index contributed by atoms with van der Waals surface area (Å²) < 4.78 is 0. The van der Waals surface area contributed by atoms with Crippen LogP contribution in [0.3, 0.4) is 0 Å². The highest BCUT2D eigenvalue weighted by Gasteiger charge is 2.09. The maximum Gasteiger partial charge on any atom is 0.0626 e. The molecule has 1 unspecified atom stereocenters. The Kier molecular flexibility index (Phi) is 4.69. The first kappa shape index (κ1) is 11.8. The molecule has 0 aliphatic rings. The zero-order valence-electron chi connectivity index (χ0n) is 7.93. The van der Waals surface area contributed by atoms with Crippen LogP contribution in [0, 0.1) is 0 Å². The van der Waals surface area contributed by atoms with Crippen LogP contribution in [-0.2, 0) is 0 Å². The van der Waals surface area contributed by atoms with E-state index in [2.05, 4.69) is 5.32 Å². The highest BCUT2D eigenvalue weighted by molar-refractivity contribution is 6.42. The lowest BCUT2D eigenvalue weighted by atomic mass is 10.1. The predicted molar refractivity (Wildman–Crippen MR) is 60.0 cm³/mol. The molecule has 0 saturated carbocycles. The number of hydrogen-bond donors (Lipinski definition) is 2. The van der Waals surface area contributed by atoms with Gasteiger partial charge in [0.2, 0.25) is 0 Å². The summed E-state index contributed by atoms with van der Waals surface area (Å²) in [5.41, 5.74) is 0.948.